The Kier molecular flexibility index (Phi) is 16.8. The van der Waals surface area contributed by atoms with Crippen LogP contribution in [0.5, 0.6) is 0 Å². The number of amides is 2. The smallest absolute Gasteiger partial charge is 0.479 e. The molecule has 2 unspecified atom stereocenters. The topological polar surface area (TPSA) is 421 Å². The summed E-state index contributed by atoms with van der Waals surface area (Å²) in [6.07, 6.45) is -9.08. The lowest BCUT2D eigenvalue weighted by atomic mass is 9.87. The number of fused-ring (bicyclic) bond motifs is 1. The molecule has 27 nitrogen and oxygen atoms in total. The molecule has 1 aliphatic rings. The lowest BCUT2D eigenvalue weighted by Crippen LogP contribution is -2.46. The number of aliphatic hydroxyl groups is 3. The quantitative estimate of drug-likeness (QED) is 0.0439. The highest BCUT2D eigenvalue weighted by Gasteiger charge is 2.50. The molecule has 0 aliphatic carbocycles. The van der Waals surface area contributed by atoms with E-state index in [1.807, 2.05) is 0 Å². The van der Waals surface area contributed by atoms with Gasteiger partial charge in [0, 0.05) is 30.7 Å². The number of nitrogen functional groups attached to an aromatic ring is 1. The van der Waals surface area contributed by atoms with Crippen molar-refractivity contribution in [2.45, 2.75) is 63.9 Å². The molecule has 3 rings (SSSR count). The van der Waals surface area contributed by atoms with Crippen LogP contribution in [-0.4, -0.2) is 145 Å². The molecule has 2 aromatic heterocycles. The third-order valence-electron chi connectivity index (χ3n) is 7.84. The van der Waals surface area contributed by atoms with Gasteiger partial charge in [-0.1, -0.05) is 32.5 Å². The van der Waals surface area contributed by atoms with Crippen LogP contribution in [0.1, 0.15) is 33.4 Å². The van der Waals surface area contributed by atoms with Gasteiger partial charge in [0.2, 0.25) is 11.8 Å². The third-order valence-corrected chi connectivity index (χ3v) is 12.0. The highest BCUT2D eigenvalue weighted by atomic mass is 32.2. The Balaban J connectivity index is 1.48. The summed E-state index contributed by atoms with van der Waals surface area (Å²) in [6, 6.07) is 0. The number of hydrogen-bond acceptors (Lipinski definition) is 20. The SMILES string of the molecule is C[C@@H](C(=O)SCCNC(=O)CCNC(=O)[C@H](O)C(C)(C)COP(=O)(O)OP(=O)(O)OC[C@H]1O[C@@H](n2cnc3c(N)ncnc32)[C@H](O)[C@@H]1OP(=O)(O)O)[C@H](O)C(=O)O. The minimum Gasteiger partial charge on any atom is -0.479 e. The maximum Gasteiger partial charge on any atom is 0.481 e. The number of nitrogens with zero attached hydrogens (tertiary/aromatic N) is 4. The number of imidazole rings is 1. The van der Waals surface area contributed by atoms with Crippen LogP contribution in [0.15, 0.2) is 12.7 Å². The first-order valence-electron chi connectivity index (χ1n) is 16.2. The summed E-state index contributed by atoms with van der Waals surface area (Å²) in [5.41, 5.74) is 4.16. The van der Waals surface area contributed by atoms with Crippen molar-refractivity contribution in [3.63, 3.8) is 0 Å². The van der Waals surface area contributed by atoms with Crippen molar-refractivity contribution in [3.05, 3.63) is 12.7 Å². The standard InChI is InChI=1S/C26H42N7O20P3S/c1-12(16(35)24(39)40)25(41)57-7-6-28-14(34)4-5-29-22(38)19(37)26(2,3)9-50-56(47,48)53-55(45,46)49-8-13-18(52-54(42,43)44)17(36)23(51-13)33-11-32-15-20(27)30-10-31-21(15)33/h10-13,16-19,23,35-37H,4-9H2,1-3H3,(H,28,34)(H,29,38)(H,39,40)(H,45,46)(H,47,48)(H2,27,30,31)(H2,42,43,44)/t12-,13-,16+,17-,18-,19+,23-/m1/s1. The number of phosphoric acid groups is 3. The lowest BCUT2D eigenvalue weighted by molar-refractivity contribution is -0.151. The highest BCUT2D eigenvalue weighted by Crippen LogP contribution is 2.61. The number of aliphatic hydroxyl groups excluding tert-OH is 3. The van der Waals surface area contributed by atoms with Gasteiger partial charge in [0.25, 0.3) is 0 Å². The molecule has 1 aliphatic heterocycles. The number of ether oxygens (including phenoxy) is 1. The van der Waals surface area contributed by atoms with E-state index in [-0.39, 0.29) is 42.2 Å². The first kappa shape index (κ1) is 48.4. The summed E-state index contributed by atoms with van der Waals surface area (Å²) in [5, 5.41) is 43.7. The Morgan fingerprint density at radius 2 is 1.68 bits per heavy atom. The van der Waals surface area contributed by atoms with Crippen molar-refractivity contribution in [2.24, 2.45) is 11.3 Å². The summed E-state index contributed by atoms with van der Waals surface area (Å²) in [4.78, 5) is 98.1. The van der Waals surface area contributed by atoms with E-state index in [4.69, 9.17) is 24.6 Å². The zero-order chi connectivity index (χ0) is 43.1. The molecule has 2 amide bonds. The number of nitrogens with one attached hydrogen (secondary N) is 2. The van der Waals surface area contributed by atoms with Gasteiger partial charge in [-0.3, -0.25) is 32.5 Å². The molecule has 0 aromatic carbocycles. The van der Waals surface area contributed by atoms with Crippen LogP contribution >= 0.6 is 35.2 Å². The summed E-state index contributed by atoms with van der Waals surface area (Å²) in [7, 11) is -16.5. The summed E-state index contributed by atoms with van der Waals surface area (Å²) >= 11 is 0.701. The van der Waals surface area contributed by atoms with Gasteiger partial charge in [-0.05, 0) is 0 Å². The number of aromatic nitrogens is 4. The molecule has 0 saturated carbocycles. The van der Waals surface area contributed by atoms with E-state index >= 15 is 0 Å². The lowest BCUT2D eigenvalue weighted by Gasteiger charge is -2.30. The van der Waals surface area contributed by atoms with Gasteiger partial charge < -0.3 is 61.1 Å². The molecule has 1 saturated heterocycles. The Morgan fingerprint density at radius 1 is 1.04 bits per heavy atom. The van der Waals surface area contributed by atoms with E-state index in [0.29, 0.717) is 11.8 Å². The molecule has 3 heterocycles. The number of phosphoric ester groups is 3. The second kappa shape index (κ2) is 19.8. The fraction of sp³-hybridized carbons (Fsp3) is 0.654. The van der Waals surface area contributed by atoms with Gasteiger partial charge in [0.15, 0.2) is 28.9 Å². The minimum absolute atomic E-state index is 0.0129. The molecule has 322 valence electrons. The Labute approximate surface area is 326 Å². The number of hydrogen-bond donors (Lipinski definition) is 11. The molecule has 31 heteroatoms. The van der Waals surface area contributed by atoms with Gasteiger partial charge in [-0.2, -0.15) is 4.31 Å². The van der Waals surface area contributed by atoms with Crippen LogP contribution in [0.25, 0.3) is 11.2 Å². The van der Waals surface area contributed by atoms with Crippen LogP contribution in [0.2, 0.25) is 0 Å². The average Bonchev–Trinajstić information content (AvgIpc) is 3.67. The average molecular weight is 898 g/mol. The van der Waals surface area contributed by atoms with Crippen molar-refractivity contribution < 1.29 is 95.5 Å². The molecule has 9 atom stereocenters. The molecule has 2 aromatic rings. The van der Waals surface area contributed by atoms with E-state index in [1.165, 1.54) is 20.8 Å². The molecular formula is C26H42N7O20P3S. The summed E-state index contributed by atoms with van der Waals surface area (Å²) in [5.74, 6) is -4.35. The largest absolute Gasteiger partial charge is 0.481 e. The maximum absolute atomic E-state index is 12.7. The van der Waals surface area contributed by atoms with Gasteiger partial charge in [0.05, 0.1) is 25.5 Å². The summed E-state index contributed by atoms with van der Waals surface area (Å²) in [6.45, 7) is 1.26. The predicted octanol–water partition coefficient (Wildman–Crippen LogP) is -2.25. The second-order valence-electron chi connectivity index (χ2n) is 12.8. The normalized spacial score (nSPS) is 22.6. The number of carboxylic acids is 1. The fourth-order valence-electron chi connectivity index (χ4n) is 4.76. The monoisotopic (exact) mass is 897 g/mol. The van der Waals surface area contributed by atoms with Gasteiger partial charge in [-0.25, -0.2) is 33.4 Å². The number of carbonyl (C=O) groups excluding carboxylic acids is 3. The number of carbonyl (C=O) groups is 4. The molecule has 0 bridgehead atoms. The number of thioether (sulfide) groups is 1. The van der Waals surface area contributed by atoms with E-state index in [1.54, 1.807) is 0 Å². The van der Waals surface area contributed by atoms with Crippen LogP contribution < -0.4 is 16.4 Å². The fourth-order valence-corrected chi connectivity index (χ4v) is 8.38. The van der Waals surface area contributed by atoms with E-state index in [0.717, 1.165) is 17.2 Å². The van der Waals surface area contributed by atoms with E-state index in [9.17, 15) is 67.8 Å². The molecular weight excluding hydrogens is 855 g/mol. The number of nitrogens with two attached hydrogens (primary N) is 1. The number of carboxylic acid groups (broad SMARTS) is 1. The molecule has 0 spiro atoms. The van der Waals surface area contributed by atoms with Crippen molar-refractivity contribution >= 4 is 75.1 Å². The molecule has 12 N–H and O–H groups in total. The Bertz CT molecular complexity index is 1920. The molecule has 1 fully saturated rings. The minimum atomic E-state index is -5.60. The van der Waals surface area contributed by atoms with Crippen LogP contribution in [-0.2, 0) is 55.5 Å². The van der Waals surface area contributed by atoms with Crippen molar-refractivity contribution in [2.75, 3.05) is 37.8 Å². The van der Waals surface area contributed by atoms with Crippen LogP contribution in [0.3, 0.4) is 0 Å². The van der Waals surface area contributed by atoms with Crippen LogP contribution in [0, 0.1) is 11.3 Å². The van der Waals surface area contributed by atoms with Gasteiger partial charge in [0.1, 0.15) is 36.3 Å². The van der Waals surface area contributed by atoms with Crippen molar-refractivity contribution in [3.8, 4) is 0 Å². The van der Waals surface area contributed by atoms with E-state index < -0.39 is 108 Å². The number of aliphatic carboxylic acids is 1. The zero-order valence-corrected chi connectivity index (χ0v) is 33.5. The van der Waals surface area contributed by atoms with Crippen LogP contribution in [0.4, 0.5) is 5.82 Å². The number of anilines is 1. The van der Waals surface area contributed by atoms with Gasteiger partial charge >= 0.3 is 29.4 Å². The van der Waals surface area contributed by atoms with Crippen molar-refractivity contribution in [1.29, 1.82) is 0 Å². The maximum atomic E-state index is 12.7. The first-order valence-corrected chi connectivity index (χ1v) is 21.7. The number of rotatable bonds is 22. The third kappa shape index (κ3) is 14.1. The predicted molar refractivity (Wildman–Crippen MR) is 190 cm³/mol. The first-order chi connectivity index (χ1) is 26.2. The second-order valence-corrected chi connectivity index (χ2v) is 18.1. The Morgan fingerprint density at radius 3 is 2.32 bits per heavy atom. The van der Waals surface area contributed by atoms with E-state index in [2.05, 4.69) is 34.4 Å². The summed E-state index contributed by atoms with van der Waals surface area (Å²) < 4.78 is 61.9. The molecule has 57 heavy (non-hydrogen) atoms. The zero-order valence-electron chi connectivity index (χ0n) is 30.0. The highest BCUT2D eigenvalue weighted by molar-refractivity contribution is 8.13. The van der Waals surface area contributed by atoms with Crippen molar-refractivity contribution in [1.82, 2.24) is 30.2 Å². The van der Waals surface area contributed by atoms with Gasteiger partial charge in [-0.15, -0.1) is 0 Å². The Hall–Kier alpha value is -3.01. The molecule has 0 radical (unpaired) electrons.